The van der Waals surface area contributed by atoms with Gasteiger partial charge in [-0.05, 0) is 13.0 Å². The number of nitrogens with zero attached hydrogens (tertiary/aromatic N) is 3. The molecule has 0 radical (unpaired) electrons. The van der Waals surface area contributed by atoms with Crippen LogP contribution in [0.15, 0.2) is 18.2 Å². The van der Waals surface area contributed by atoms with Gasteiger partial charge in [0, 0.05) is 6.07 Å². The number of rotatable bonds is 7. The van der Waals surface area contributed by atoms with E-state index in [4.69, 9.17) is 16.3 Å². The third kappa shape index (κ3) is 4.16. The Balaban J connectivity index is 2.36. The van der Waals surface area contributed by atoms with E-state index < -0.39 is 46.1 Å². The lowest BCUT2D eigenvalue weighted by Crippen LogP contribution is -2.26. The molecule has 0 spiro atoms. The quantitative estimate of drug-likeness (QED) is 0.400. The summed E-state index contributed by atoms with van der Waals surface area (Å²) >= 11 is 5.56. The third-order valence-corrected chi connectivity index (χ3v) is 4.11. The zero-order valence-corrected chi connectivity index (χ0v) is 15.1. The number of nitro benzene ring substituents is 1. The number of alkyl halides is 4. The minimum Gasteiger partial charge on any atom is -0.494 e. The van der Waals surface area contributed by atoms with Crippen LogP contribution < -0.4 is 10.1 Å². The first-order valence-electron chi connectivity index (χ1n) is 7.55. The summed E-state index contributed by atoms with van der Waals surface area (Å²) in [6, 6.07) is 1.86. The molecule has 0 saturated heterocycles. The molecule has 8 nitrogen and oxygen atoms in total. The van der Waals surface area contributed by atoms with Crippen LogP contribution in [0.3, 0.4) is 0 Å². The van der Waals surface area contributed by atoms with E-state index in [1.54, 1.807) is 0 Å². The maximum Gasteiger partial charge on any atom is 0.283 e. The number of nitro groups is 1. The van der Waals surface area contributed by atoms with Crippen molar-refractivity contribution < 1.29 is 32.0 Å². The minimum atomic E-state index is -3.25. The summed E-state index contributed by atoms with van der Waals surface area (Å²) < 4.78 is 57.7. The fraction of sp³-hybridized carbons (Fsp3) is 0.333. The SMILES string of the molecule is COc1cc([N+](=O)[O-])ccc1NC(=O)C(C)n1nc(C(F)F)c(Cl)c1C(F)F. The predicted octanol–water partition coefficient (Wildman–Crippen LogP) is 4.53. The van der Waals surface area contributed by atoms with Crippen molar-refractivity contribution in [3.05, 3.63) is 44.7 Å². The molecule has 28 heavy (non-hydrogen) atoms. The molecule has 152 valence electrons. The van der Waals surface area contributed by atoms with Crippen LogP contribution in [0.5, 0.6) is 5.75 Å². The van der Waals surface area contributed by atoms with E-state index >= 15 is 0 Å². The highest BCUT2D eigenvalue weighted by Crippen LogP contribution is 2.36. The van der Waals surface area contributed by atoms with Gasteiger partial charge in [0.15, 0.2) is 0 Å². The van der Waals surface area contributed by atoms with Crippen LogP contribution in [-0.2, 0) is 4.79 Å². The summed E-state index contributed by atoms with van der Waals surface area (Å²) in [4.78, 5) is 22.5. The van der Waals surface area contributed by atoms with E-state index in [0.29, 0.717) is 4.68 Å². The van der Waals surface area contributed by atoms with Gasteiger partial charge in [-0.15, -0.1) is 0 Å². The molecule has 1 heterocycles. The molecular weight excluding hydrogens is 412 g/mol. The van der Waals surface area contributed by atoms with Crippen molar-refractivity contribution in [2.75, 3.05) is 12.4 Å². The Morgan fingerprint density at radius 1 is 1.32 bits per heavy atom. The molecule has 0 aliphatic carbocycles. The third-order valence-electron chi connectivity index (χ3n) is 3.73. The number of benzene rings is 1. The molecule has 13 heteroatoms. The molecule has 1 unspecified atom stereocenters. The first-order chi connectivity index (χ1) is 13.1. The molecule has 1 amide bonds. The lowest BCUT2D eigenvalue weighted by atomic mass is 10.2. The van der Waals surface area contributed by atoms with Crippen LogP contribution in [0.1, 0.15) is 37.2 Å². The molecule has 1 atom stereocenters. The maximum atomic E-state index is 13.2. The zero-order chi connectivity index (χ0) is 21.2. The predicted molar refractivity (Wildman–Crippen MR) is 90.1 cm³/mol. The zero-order valence-electron chi connectivity index (χ0n) is 14.3. The fourth-order valence-corrected chi connectivity index (χ4v) is 2.61. The number of non-ortho nitro benzene ring substituents is 1. The average Bonchev–Trinajstić information content (AvgIpc) is 2.98. The first-order valence-corrected chi connectivity index (χ1v) is 7.93. The summed E-state index contributed by atoms with van der Waals surface area (Å²) in [6.07, 6.45) is -6.46. The van der Waals surface area contributed by atoms with Crippen molar-refractivity contribution in [3.8, 4) is 5.75 Å². The van der Waals surface area contributed by atoms with Gasteiger partial charge in [-0.1, -0.05) is 11.6 Å². The monoisotopic (exact) mass is 424 g/mol. The van der Waals surface area contributed by atoms with Gasteiger partial charge in [0.2, 0.25) is 5.91 Å². The van der Waals surface area contributed by atoms with Crippen LogP contribution >= 0.6 is 11.6 Å². The number of carbonyl (C=O) groups excluding carboxylic acids is 1. The Morgan fingerprint density at radius 3 is 2.46 bits per heavy atom. The van der Waals surface area contributed by atoms with E-state index in [1.165, 1.54) is 13.2 Å². The van der Waals surface area contributed by atoms with Crippen LogP contribution in [0, 0.1) is 10.1 Å². The largest absolute Gasteiger partial charge is 0.494 e. The topological polar surface area (TPSA) is 99.3 Å². The number of anilines is 1. The molecule has 2 rings (SSSR count). The Morgan fingerprint density at radius 2 is 1.96 bits per heavy atom. The molecule has 0 fully saturated rings. The minimum absolute atomic E-state index is 0.0101. The van der Waals surface area contributed by atoms with Gasteiger partial charge in [0.25, 0.3) is 18.5 Å². The van der Waals surface area contributed by atoms with Gasteiger partial charge in [-0.25, -0.2) is 22.2 Å². The summed E-state index contributed by atoms with van der Waals surface area (Å²) in [5.74, 6) is -0.968. The van der Waals surface area contributed by atoms with E-state index in [2.05, 4.69) is 10.4 Å². The first kappa shape index (κ1) is 21.4. The molecule has 0 aliphatic rings. The molecule has 1 N–H and O–H groups in total. The summed E-state index contributed by atoms with van der Waals surface area (Å²) in [5.41, 5.74) is -2.38. The molecule has 0 bridgehead atoms. The van der Waals surface area contributed by atoms with Crippen molar-refractivity contribution in [2.24, 2.45) is 0 Å². The smallest absolute Gasteiger partial charge is 0.283 e. The van der Waals surface area contributed by atoms with E-state index in [1.807, 2.05) is 0 Å². The number of amides is 1. The highest BCUT2D eigenvalue weighted by molar-refractivity contribution is 6.32. The van der Waals surface area contributed by atoms with Crippen LogP contribution in [0.2, 0.25) is 5.02 Å². The van der Waals surface area contributed by atoms with Gasteiger partial charge >= 0.3 is 0 Å². The number of hydrogen-bond acceptors (Lipinski definition) is 5. The molecular formula is C15H13ClF4N4O4. The second kappa shape index (κ2) is 8.42. The number of hydrogen-bond donors (Lipinski definition) is 1. The lowest BCUT2D eigenvalue weighted by molar-refractivity contribution is -0.384. The summed E-state index contributed by atoms with van der Waals surface area (Å²) in [6.45, 7) is 1.15. The summed E-state index contributed by atoms with van der Waals surface area (Å²) in [7, 11) is 1.20. The molecule has 1 aromatic carbocycles. The van der Waals surface area contributed by atoms with Crippen LogP contribution in [0.25, 0.3) is 0 Å². The van der Waals surface area contributed by atoms with Crippen molar-refractivity contribution in [1.29, 1.82) is 0 Å². The Bertz CT molecular complexity index is 906. The number of nitrogens with one attached hydrogen (secondary N) is 1. The summed E-state index contributed by atoms with van der Waals surface area (Å²) in [5, 5.41) is 15.5. The average molecular weight is 425 g/mol. The van der Waals surface area contributed by atoms with Crippen molar-refractivity contribution in [3.63, 3.8) is 0 Å². The standard InChI is InChI=1S/C15H13ClF4N4O4/c1-6(23-12(14(19)20)10(16)11(22-23)13(17)18)15(25)21-8-4-3-7(24(26)27)5-9(8)28-2/h3-6,13-14H,1-2H3,(H,21,25). The second-order valence-corrected chi connectivity index (χ2v) is 5.82. The fourth-order valence-electron chi connectivity index (χ4n) is 2.32. The number of halogens is 5. The normalized spacial score (nSPS) is 12.3. The van der Waals surface area contributed by atoms with Gasteiger partial charge in [-0.2, -0.15) is 5.10 Å². The van der Waals surface area contributed by atoms with Gasteiger partial charge in [-0.3, -0.25) is 14.9 Å². The van der Waals surface area contributed by atoms with Gasteiger partial charge in [0.05, 0.1) is 28.8 Å². The highest BCUT2D eigenvalue weighted by atomic mass is 35.5. The van der Waals surface area contributed by atoms with E-state index in [0.717, 1.165) is 19.1 Å². The maximum absolute atomic E-state index is 13.2. The van der Waals surface area contributed by atoms with Crippen molar-refractivity contribution in [1.82, 2.24) is 9.78 Å². The van der Waals surface area contributed by atoms with E-state index in [9.17, 15) is 32.5 Å². The number of aromatic nitrogens is 2. The van der Waals surface area contributed by atoms with Crippen molar-refractivity contribution in [2.45, 2.75) is 25.8 Å². The van der Waals surface area contributed by atoms with Crippen molar-refractivity contribution >= 4 is 28.9 Å². The van der Waals surface area contributed by atoms with Gasteiger partial charge in [0.1, 0.15) is 23.2 Å². The van der Waals surface area contributed by atoms with Crippen LogP contribution in [0.4, 0.5) is 28.9 Å². The number of carbonyl (C=O) groups is 1. The number of methoxy groups -OCH3 is 1. The Kier molecular flexibility index (Phi) is 6.44. The molecule has 0 saturated carbocycles. The molecule has 2 aromatic rings. The second-order valence-electron chi connectivity index (χ2n) is 5.44. The number of ether oxygens (including phenoxy) is 1. The van der Waals surface area contributed by atoms with Gasteiger partial charge < -0.3 is 10.1 Å². The molecule has 0 aliphatic heterocycles. The lowest BCUT2D eigenvalue weighted by Gasteiger charge is -2.16. The Labute approximate surface area is 160 Å². The van der Waals surface area contributed by atoms with Crippen LogP contribution in [-0.4, -0.2) is 27.7 Å². The highest BCUT2D eigenvalue weighted by Gasteiger charge is 2.32. The Hall–Kier alpha value is -2.89. The van der Waals surface area contributed by atoms with E-state index in [-0.39, 0.29) is 17.1 Å². The molecule has 1 aromatic heterocycles.